The van der Waals surface area contributed by atoms with Gasteiger partial charge < -0.3 is 19.3 Å². The summed E-state index contributed by atoms with van der Waals surface area (Å²) in [4.78, 5) is 25.6. The second-order valence-corrected chi connectivity index (χ2v) is 10.5. The topological polar surface area (TPSA) is 111 Å². The normalized spacial score (nSPS) is 11.2. The van der Waals surface area contributed by atoms with Crippen molar-refractivity contribution in [2.45, 2.75) is 6.92 Å². The summed E-state index contributed by atoms with van der Waals surface area (Å²) in [5.74, 6) is 1.78. The first-order chi connectivity index (χ1) is 23.4. The summed E-state index contributed by atoms with van der Waals surface area (Å²) in [7, 11) is 0. The number of para-hydroxylation sites is 2. The largest absolute Gasteiger partial charge is 0.490 e. The number of anilines is 4. The minimum Gasteiger partial charge on any atom is -0.490 e. The molecule has 0 radical (unpaired) electrons. The lowest BCUT2D eigenvalue weighted by Crippen LogP contribution is -2.30. The second kappa shape index (κ2) is 16.2. The molecule has 242 valence electrons. The van der Waals surface area contributed by atoms with Crippen molar-refractivity contribution >= 4 is 28.4 Å². The molecular weight excluding hydrogens is 608 g/mol. The highest BCUT2D eigenvalue weighted by molar-refractivity contribution is 5.67. The molecule has 5 aromatic carbocycles. The van der Waals surface area contributed by atoms with E-state index in [4.69, 9.17) is 9.47 Å². The quantitative estimate of drug-likeness (QED) is 0.0631. The number of non-ortho nitro benzene ring substituents is 1. The van der Waals surface area contributed by atoms with Gasteiger partial charge in [0.1, 0.15) is 23.9 Å². The van der Waals surface area contributed by atoms with Crippen molar-refractivity contribution in [3.8, 4) is 17.2 Å². The van der Waals surface area contributed by atoms with Gasteiger partial charge in [0.15, 0.2) is 0 Å². The molecule has 0 saturated carbocycles. The van der Waals surface area contributed by atoms with E-state index >= 15 is 0 Å². The van der Waals surface area contributed by atoms with E-state index < -0.39 is 9.85 Å². The number of hydrogen-bond donors (Lipinski definition) is 0. The Balaban J connectivity index is 1.32. The maximum absolute atomic E-state index is 11.0. The van der Waals surface area contributed by atoms with Crippen LogP contribution in [0, 0.1) is 20.2 Å². The summed E-state index contributed by atoms with van der Waals surface area (Å²) < 4.78 is 11.7. The molecule has 0 unspecified atom stereocenters. The van der Waals surface area contributed by atoms with Crippen LogP contribution in [0.25, 0.3) is 0 Å². The average Bonchev–Trinajstić information content (AvgIpc) is 3.12. The molecule has 0 saturated heterocycles. The fourth-order valence-corrected chi connectivity index (χ4v) is 4.99. The van der Waals surface area contributed by atoms with Crippen LogP contribution < -0.4 is 19.3 Å². The van der Waals surface area contributed by atoms with Gasteiger partial charge in [0, 0.05) is 54.0 Å². The van der Waals surface area contributed by atoms with E-state index in [9.17, 15) is 20.2 Å². The molecule has 5 rings (SSSR count). The van der Waals surface area contributed by atoms with Crippen molar-refractivity contribution < 1.29 is 19.3 Å². The van der Waals surface area contributed by atoms with Crippen LogP contribution in [0.3, 0.4) is 0 Å². The van der Waals surface area contributed by atoms with Crippen LogP contribution >= 0.6 is 0 Å². The second-order valence-electron chi connectivity index (χ2n) is 10.5. The molecule has 0 heterocycles. The number of benzene rings is 5. The molecule has 0 amide bonds. The Morgan fingerprint density at radius 2 is 1.06 bits per heavy atom. The van der Waals surface area contributed by atoms with Gasteiger partial charge in [0.25, 0.3) is 11.4 Å². The van der Waals surface area contributed by atoms with Crippen molar-refractivity contribution in [2.24, 2.45) is 0 Å². The monoisotopic (exact) mass is 642 g/mol. The summed E-state index contributed by atoms with van der Waals surface area (Å²) in [6, 6.07) is 41.8. The van der Waals surface area contributed by atoms with Gasteiger partial charge in [-0.1, -0.05) is 36.4 Å². The van der Waals surface area contributed by atoms with Crippen molar-refractivity contribution in [2.75, 3.05) is 29.5 Å². The Hall–Kier alpha value is -6.42. The van der Waals surface area contributed by atoms with E-state index in [0.29, 0.717) is 30.3 Å². The third-order valence-electron chi connectivity index (χ3n) is 7.40. The zero-order valence-corrected chi connectivity index (χ0v) is 26.3. The van der Waals surface area contributed by atoms with Crippen molar-refractivity contribution in [1.82, 2.24) is 0 Å². The lowest BCUT2D eigenvalue weighted by atomic mass is 10.2. The Morgan fingerprint density at radius 1 is 0.625 bits per heavy atom. The molecule has 0 fully saturated rings. The number of nitro benzene ring substituents is 1. The number of allylic oxidation sites excluding steroid dienone is 2. The molecule has 0 atom stereocenters. The summed E-state index contributed by atoms with van der Waals surface area (Å²) in [6.45, 7) is 3.12. The minimum atomic E-state index is -0.440. The highest BCUT2D eigenvalue weighted by atomic mass is 16.6. The highest BCUT2D eigenvalue weighted by Crippen LogP contribution is 2.32. The van der Waals surface area contributed by atoms with Crippen LogP contribution in [0.1, 0.15) is 6.92 Å². The first-order valence-electron chi connectivity index (χ1n) is 15.3. The van der Waals surface area contributed by atoms with Crippen LogP contribution in [0.15, 0.2) is 157 Å². The lowest BCUT2D eigenvalue weighted by Gasteiger charge is -2.31. The molecule has 5 aromatic rings. The maximum atomic E-state index is 11.0. The lowest BCUT2D eigenvalue weighted by molar-refractivity contribution is -0.419. The number of rotatable bonds is 15. The molecule has 10 nitrogen and oxygen atoms in total. The molecule has 48 heavy (non-hydrogen) atoms. The molecule has 0 spiro atoms. The third-order valence-corrected chi connectivity index (χ3v) is 7.40. The predicted molar refractivity (Wildman–Crippen MR) is 188 cm³/mol. The molecule has 0 aliphatic carbocycles. The van der Waals surface area contributed by atoms with Gasteiger partial charge in [-0.05, 0) is 104 Å². The fourth-order valence-electron chi connectivity index (χ4n) is 4.99. The zero-order chi connectivity index (χ0) is 33.7. The fraction of sp³-hybridized carbons (Fsp3) is 0.105. The number of ether oxygens (including phenoxy) is 2. The summed E-state index contributed by atoms with van der Waals surface area (Å²) >= 11 is 0. The first kappa shape index (κ1) is 33.0. The molecule has 0 aliphatic rings. The van der Waals surface area contributed by atoms with Gasteiger partial charge in [-0.3, -0.25) is 20.2 Å². The number of nitro groups is 2. The molecule has 10 heteroatoms. The predicted octanol–water partition coefficient (Wildman–Crippen LogP) is 9.48. The van der Waals surface area contributed by atoms with Crippen LogP contribution in [0.4, 0.5) is 28.4 Å². The van der Waals surface area contributed by atoms with E-state index in [-0.39, 0.29) is 18.0 Å². The minimum absolute atomic E-state index is 0.00757. The van der Waals surface area contributed by atoms with E-state index in [1.807, 2.05) is 84.9 Å². The van der Waals surface area contributed by atoms with Gasteiger partial charge >= 0.3 is 0 Å². The van der Waals surface area contributed by atoms with Gasteiger partial charge in [-0.15, -0.1) is 0 Å². The van der Waals surface area contributed by atoms with Crippen LogP contribution in [0.5, 0.6) is 17.2 Å². The van der Waals surface area contributed by atoms with Gasteiger partial charge in [0.05, 0.1) is 9.85 Å². The summed E-state index contributed by atoms with van der Waals surface area (Å²) in [6.07, 6.45) is 4.49. The van der Waals surface area contributed by atoms with Gasteiger partial charge in [0.2, 0.25) is 0 Å². The van der Waals surface area contributed by atoms with E-state index in [1.54, 1.807) is 25.1 Å². The molecule has 0 aliphatic heterocycles. The molecule has 0 N–H and O–H groups in total. The number of hydrogen-bond acceptors (Lipinski definition) is 8. The smallest absolute Gasteiger partial charge is 0.269 e. The van der Waals surface area contributed by atoms with Crippen molar-refractivity contribution in [3.63, 3.8) is 0 Å². The Bertz CT molecular complexity index is 1840. The van der Waals surface area contributed by atoms with Crippen LogP contribution in [0.2, 0.25) is 0 Å². The third kappa shape index (κ3) is 8.85. The first-order valence-corrected chi connectivity index (χ1v) is 15.3. The molecular formula is C38H34N4O6. The van der Waals surface area contributed by atoms with Crippen molar-refractivity contribution in [1.29, 1.82) is 0 Å². The average molecular weight is 643 g/mol. The van der Waals surface area contributed by atoms with E-state index in [1.165, 1.54) is 24.3 Å². The van der Waals surface area contributed by atoms with Gasteiger partial charge in [-0.25, -0.2) is 0 Å². The summed E-state index contributed by atoms with van der Waals surface area (Å²) in [5.41, 5.74) is 4.04. The maximum Gasteiger partial charge on any atom is 0.269 e. The Kier molecular flexibility index (Phi) is 11.1. The Labute approximate surface area is 278 Å². The van der Waals surface area contributed by atoms with Crippen LogP contribution in [-0.2, 0) is 0 Å². The van der Waals surface area contributed by atoms with Gasteiger partial charge in [-0.2, -0.15) is 0 Å². The number of nitrogens with zero attached hydrogens (tertiary/aromatic N) is 4. The highest BCUT2D eigenvalue weighted by Gasteiger charge is 2.15. The van der Waals surface area contributed by atoms with E-state index in [0.717, 1.165) is 22.7 Å². The summed E-state index contributed by atoms with van der Waals surface area (Å²) in [5, 5.41) is 22.0. The zero-order valence-electron chi connectivity index (χ0n) is 26.3. The standard InChI is InChI=1S/C38H34N4O6/c1-2-30(41(43)44)14-9-29-47-36-21-15-33(16-22-36)39(31-10-5-3-6-11-31)27-28-40(32-12-7-4-8-13-32)34-17-23-37(24-18-34)48-38-25-19-35(20-26-38)42(45)46/h2-26H,27-29H2,1H3/b14-9-,30-2+. The van der Waals surface area contributed by atoms with Crippen LogP contribution in [-0.4, -0.2) is 29.5 Å². The van der Waals surface area contributed by atoms with E-state index in [2.05, 4.69) is 34.1 Å². The van der Waals surface area contributed by atoms with Crippen molar-refractivity contribution in [3.05, 3.63) is 178 Å². The molecule has 0 bridgehead atoms. The Morgan fingerprint density at radius 3 is 1.50 bits per heavy atom. The molecule has 0 aromatic heterocycles. The SMILES string of the molecule is C/C=C(\C=C/COc1ccc(N(CCN(c2ccccc2)c2ccc(Oc3ccc([N+](=O)[O-])cc3)cc2)c2ccccc2)cc1)[N+](=O)[O-].